The Morgan fingerprint density at radius 1 is 0.850 bits per heavy atom. The van der Waals surface area contributed by atoms with Crippen molar-refractivity contribution in [2.75, 3.05) is 10.8 Å². The van der Waals surface area contributed by atoms with Gasteiger partial charge in [0.25, 0.3) is 10.0 Å². The Kier molecular flexibility index (Phi) is 9.79. The number of anilines is 1. The fourth-order valence-corrected chi connectivity index (χ4v) is 6.14. The Labute approximate surface area is 239 Å². The molecule has 0 bridgehead atoms. The second-order valence-corrected chi connectivity index (χ2v) is 13.2. The van der Waals surface area contributed by atoms with Crippen molar-refractivity contribution >= 4 is 27.5 Å². The lowest BCUT2D eigenvalue weighted by Gasteiger charge is -2.35. The number of nitrogens with one attached hydrogen (secondary N) is 1. The van der Waals surface area contributed by atoms with Gasteiger partial charge in [-0.15, -0.1) is 0 Å². The molecule has 0 aromatic heterocycles. The quantitative estimate of drug-likeness (QED) is 0.352. The molecule has 0 unspecified atom stereocenters. The van der Waals surface area contributed by atoms with Gasteiger partial charge in [-0.05, 0) is 88.9 Å². The average molecular weight is 564 g/mol. The van der Waals surface area contributed by atoms with Crippen LogP contribution in [-0.2, 0) is 26.2 Å². The van der Waals surface area contributed by atoms with Crippen molar-refractivity contribution in [3.8, 4) is 0 Å². The molecule has 0 saturated carbocycles. The van der Waals surface area contributed by atoms with Crippen LogP contribution in [0.25, 0.3) is 0 Å². The molecule has 7 nitrogen and oxygen atoms in total. The predicted octanol–water partition coefficient (Wildman–Crippen LogP) is 5.53. The van der Waals surface area contributed by atoms with E-state index in [0.29, 0.717) is 12.1 Å². The lowest BCUT2D eigenvalue weighted by molar-refractivity contribution is -0.141. The van der Waals surface area contributed by atoms with E-state index in [4.69, 9.17) is 0 Å². The molecule has 8 heteroatoms. The van der Waals surface area contributed by atoms with Crippen molar-refractivity contribution in [2.24, 2.45) is 0 Å². The molecule has 1 N–H and O–H groups in total. The maximum Gasteiger partial charge on any atom is 0.264 e. The zero-order chi connectivity index (χ0) is 29.7. The van der Waals surface area contributed by atoms with Gasteiger partial charge in [0.15, 0.2) is 0 Å². The van der Waals surface area contributed by atoms with Crippen LogP contribution in [0.5, 0.6) is 0 Å². The first-order valence-electron chi connectivity index (χ1n) is 13.5. The standard InChI is InChI=1S/C32H41N3O4S/c1-8-29(31(37)33-32(5,6)7)34(21-26-14-12-13-23(2)18-26)30(36)22-35(27-19-24(3)17-25(4)20-27)40(38,39)28-15-10-9-11-16-28/h9-20,29H,8,21-22H2,1-7H3,(H,33,37)/t29-/m0/s1. The van der Waals surface area contributed by atoms with E-state index in [1.165, 1.54) is 17.0 Å². The Morgan fingerprint density at radius 2 is 1.48 bits per heavy atom. The van der Waals surface area contributed by atoms with Gasteiger partial charge in [0.2, 0.25) is 11.8 Å². The van der Waals surface area contributed by atoms with E-state index in [2.05, 4.69) is 5.32 Å². The first-order chi connectivity index (χ1) is 18.7. The number of aryl methyl sites for hydroxylation is 3. The highest BCUT2D eigenvalue weighted by Crippen LogP contribution is 2.27. The van der Waals surface area contributed by atoms with E-state index in [-0.39, 0.29) is 17.3 Å². The Balaban J connectivity index is 2.10. The van der Waals surface area contributed by atoms with Crippen LogP contribution in [0.1, 0.15) is 56.4 Å². The first kappa shape index (κ1) is 30.9. The van der Waals surface area contributed by atoms with Gasteiger partial charge in [0.1, 0.15) is 12.6 Å². The molecule has 2 amide bonds. The molecular weight excluding hydrogens is 522 g/mol. The third-order valence-corrected chi connectivity index (χ3v) is 8.21. The summed E-state index contributed by atoms with van der Waals surface area (Å²) < 4.78 is 29.1. The number of carbonyl (C=O) groups excluding carboxylic acids is 2. The number of hydrogen-bond acceptors (Lipinski definition) is 4. The highest BCUT2D eigenvalue weighted by molar-refractivity contribution is 7.92. The summed E-state index contributed by atoms with van der Waals surface area (Å²) in [7, 11) is -4.09. The molecule has 0 heterocycles. The molecule has 3 aromatic rings. The van der Waals surface area contributed by atoms with E-state index in [9.17, 15) is 18.0 Å². The minimum absolute atomic E-state index is 0.0877. The van der Waals surface area contributed by atoms with Gasteiger partial charge in [0.05, 0.1) is 10.6 Å². The molecule has 0 aliphatic carbocycles. The van der Waals surface area contributed by atoms with Gasteiger partial charge in [0, 0.05) is 12.1 Å². The Morgan fingerprint density at radius 3 is 2.02 bits per heavy atom. The summed E-state index contributed by atoms with van der Waals surface area (Å²) in [5, 5.41) is 2.99. The molecule has 3 rings (SSSR count). The number of nitrogens with zero attached hydrogens (tertiary/aromatic N) is 2. The van der Waals surface area contributed by atoms with E-state index < -0.39 is 34.1 Å². The van der Waals surface area contributed by atoms with Crippen molar-refractivity contribution in [1.82, 2.24) is 10.2 Å². The van der Waals surface area contributed by atoms with Crippen LogP contribution in [0, 0.1) is 20.8 Å². The van der Waals surface area contributed by atoms with Crippen LogP contribution in [-0.4, -0.2) is 43.3 Å². The van der Waals surface area contributed by atoms with E-state index >= 15 is 0 Å². The zero-order valence-corrected chi connectivity index (χ0v) is 25.4. The minimum atomic E-state index is -4.09. The number of hydrogen-bond donors (Lipinski definition) is 1. The van der Waals surface area contributed by atoms with E-state index in [1.54, 1.807) is 30.3 Å². The SMILES string of the molecule is CC[C@@H](C(=O)NC(C)(C)C)N(Cc1cccc(C)c1)C(=O)CN(c1cc(C)cc(C)c1)S(=O)(=O)c1ccccc1. The second-order valence-electron chi connectivity index (χ2n) is 11.3. The van der Waals surface area contributed by atoms with Crippen LogP contribution >= 0.6 is 0 Å². The summed E-state index contributed by atoms with van der Waals surface area (Å²) in [5.74, 6) is -0.740. The van der Waals surface area contributed by atoms with Gasteiger partial charge < -0.3 is 10.2 Å². The number of amides is 2. The highest BCUT2D eigenvalue weighted by Gasteiger charge is 2.34. The van der Waals surface area contributed by atoms with Crippen molar-refractivity contribution in [2.45, 2.75) is 77.9 Å². The molecule has 40 heavy (non-hydrogen) atoms. The number of carbonyl (C=O) groups is 2. The summed E-state index contributed by atoms with van der Waals surface area (Å²) in [6.45, 7) is 13.0. The number of sulfonamides is 1. The summed E-state index contributed by atoms with van der Waals surface area (Å²) in [5.41, 5.74) is 3.55. The van der Waals surface area contributed by atoms with Gasteiger partial charge in [-0.3, -0.25) is 13.9 Å². The fraction of sp³-hybridized carbons (Fsp3) is 0.375. The Bertz CT molecular complexity index is 1430. The van der Waals surface area contributed by atoms with Gasteiger partial charge in [-0.2, -0.15) is 0 Å². The molecule has 0 spiro atoms. The van der Waals surface area contributed by atoms with E-state index in [1.807, 2.05) is 78.8 Å². The molecule has 1 atom stereocenters. The Hall–Kier alpha value is -3.65. The molecule has 0 aliphatic heterocycles. The van der Waals surface area contributed by atoms with Gasteiger partial charge in [-0.1, -0.05) is 61.0 Å². The summed E-state index contributed by atoms with van der Waals surface area (Å²) in [6.07, 6.45) is 0.370. The topological polar surface area (TPSA) is 86.8 Å². The van der Waals surface area contributed by atoms with Gasteiger partial charge >= 0.3 is 0 Å². The van der Waals surface area contributed by atoms with Crippen molar-refractivity contribution in [3.63, 3.8) is 0 Å². The predicted molar refractivity (Wildman–Crippen MR) is 161 cm³/mol. The maximum atomic E-state index is 14.2. The van der Waals surface area contributed by atoms with E-state index in [0.717, 1.165) is 26.6 Å². The molecule has 0 saturated heterocycles. The van der Waals surface area contributed by atoms with Crippen LogP contribution in [0.4, 0.5) is 5.69 Å². The summed E-state index contributed by atoms with van der Waals surface area (Å²) in [4.78, 5) is 29.2. The van der Waals surface area contributed by atoms with Crippen LogP contribution in [0.3, 0.4) is 0 Å². The highest BCUT2D eigenvalue weighted by atomic mass is 32.2. The molecule has 214 valence electrons. The van der Waals surface area contributed by atoms with Crippen molar-refractivity contribution in [1.29, 1.82) is 0 Å². The lowest BCUT2D eigenvalue weighted by Crippen LogP contribution is -2.55. The molecular formula is C32H41N3O4S. The van der Waals surface area contributed by atoms with Crippen LogP contribution < -0.4 is 9.62 Å². The molecule has 3 aromatic carbocycles. The smallest absolute Gasteiger partial charge is 0.264 e. The third-order valence-electron chi connectivity index (χ3n) is 6.42. The summed E-state index contributed by atoms with van der Waals surface area (Å²) in [6, 6.07) is 20.5. The maximum absolute atomic E-state index is 14.2. The molecule has 0 aliphatic rings. The van der Waals surface area contributed by atoms with Crippen molar-refractivity contribution < 1.29 is 18.0 Å². The van der Waals surface area contributed by atoms with Gasteiger partial charge in [-0.25, -0.2) is 8.42 Å². The monoisotopic (exact) mass is 563 g/mol. The van der Waals surface area contributed by atoms with Crippen LogP contribution in [0.2, 0.25) is 0 Å². The summed E-state index contributed by atoms with van der Waals surface area (Å²) >= 11 is 0. The average Bonchev–Trinajstić information content (AvgIpc) is 2.85. The molecule has 0 fully saturated rings. The second kappa shape index (κ2) is 12.7. The molecule has 0 radical (unpaired) electrons. The first-order valence-corrected chi connectivity index (χ1v) is 15.0. The largest absolute Gasteiger partial charge is 0.350 e. The third kappa shape index (κ3) is 7.94. The fourth-order valence-electron chi connectivity index (χ4n) is 4.72. The van der Waals surface area contributed by atoms with Crippen molar-refractivity contribution in [3.05, 3.63) is 95.1 Å². The lowest BCUT2D eigenvalue weighted by atomic mass is 10.0. The number of rotatable bonds is 10. The number of benzene rings is 3. The van der Waals surface area contributed by atoms with Crippen LogP contribution in [0.15, 0.2) is 77.7 Å². The zero-order valence-electron chi connectivity index (χ0n) is 24.6. The minimum Gasteiger partial charge on any atom is -0.350 e. The normalized spacial score (nSPS) is 12.5.